The van der Waals surface area contributed by atoms with Gasteiger partial charge in [-0.2, -0.15) is 0 Å². The number of aryl methyl sites for hydroxylation is 1. The highest BCUT2D eigenvalue weighted by atomic mass is 19.1. The molecule has 2 atom stereocenters. The van der Waals surface area contributed by atoms with Gasteiger partial charge in [-0.25, -0.2) is 9.37 Å². The van der Waals surface area contributed by atoms with Crippen molar-refractivity contribution in [3.05, 3.63) is 83.2 Å². The number of fused-ring (bicyclic) bond motifs is 1. The van der Waals surface area contributed by atoms with Crippen LogP contribution < -0.4 is 4.74 Å². The molecule has 1 aromatic heterocycles. The lowest BCUT2D eigenvalue weighted by Crippen LogP contribution is -2.49. The van der Waals surface area contributed by atoms with E-state index >= 15 is 0 Å². The number of aromatic nitrogens is 2. The number of carbonyl (C=O) groups is 1. The standard InChI is InChI=1S/C27H28FN3O2/c1-18-16-30(17-29-18)25-13-6-19(15-26(25)33-2)14-21-9-12-23-4-3-5-24(31(23)27(21)32)20-7-10-22(28)11-8-20/h6-8,10-11,13-17,23-24H,3-5,9,12H2,1-2H3/t23-,24+/m1/s1. The molecule has 0 saturated carbocycles. The minimum atomic E-state index is -0.250. The molecule has 5 rings (SSSR count). The lowest BCUT2D eigenvalue weighted by molar-refractivity contribution is -0.136. The average molecular weight is 446 g/mol. The van der Waals surface area contributed by atoms with Gasteiger partial charge in [0.25, 0.3) is 5.91 Å². The van der Waals surface area contributed by atoms with Crippen LogP contribution in [0, 0.1) is 12.7 Å². The summed E-state index contributed by atoms with van der Waals surface area (Å²) in [5.74, 6) is 0.568. The molecule has 2 saturated heterocycles. The van der Waals surface area contributed by atoms with Crippen LogP contribution in [0.2, 0.25) is 0 Å². The highest BCUT2D eigenvalue weighted by Gasteiger charge is 2.39. The second-order valence-electron chi connectivity index (χ2n) is 8.93. The Morgan fingerprint density at radius 1 is 1.12 bits per heavy atom. The molecule has 2 aromatic carbocycles. The molecule has 2 aliphatic rings. The predicted molar refractivity (Wildman–Crippen MR) is 126 cm³/mol. The van der Waals surface area contributed by atoms with E-state index in [0.717, 1.165) is 65.9 Å². The van der Waals surface area contributed by atoms with Gasteiger partial charge in [0, 0.05) is 17.8 Å². The Bertz CT molecular complexity index is 1200. The summed E-state index contributed by atoms with van der Waals surface area (Å²) in [6, 6.07) is 12.8. The van der Waals surface area contributed by atoms with Gasteiger partial charge in [0.2, 0.25) is 0 Å². The van der Waals surface area contributed by atoms with Crippen LogP contribution in [-0.4, -0.2) is 33.5 Å². The van der Waals surface area contributed by atoms with Crippen LogP contribution in [0.25, 0.3) is 11.8 Å². The summed E-state index contributed by atoms with van der Waals surface area (Å²) in [6.45, 7) is 1.95. The maximum absolute atomic E-state index is 13.6. The molecule has 0 spiro atoms. The van der Waals surface area contributed by atoms with Crippen LogP contribution >= 0.6 is 0 Å². The molecule has 2 aliphatic heterocycles. The van der Waals surface area contributed by atoms with Gasteiger partial charge in [-0.1, -0.05) is 18.2 Å². The van der Waals surface area contributed by atoms with Gasteiger partial charge in [0.15, 0.2) is 0 Å². The predicted octanol–water partition coefficient (Wildman–Crippen LogP) is 5.63. The van der Waals surface area contributed by atoms with E-state index in [2.05, 4.69) is 4.98 Å². The molecule has 5 nitrogen and oxygen atoms in total. The third-order valence-corrected chi connectivity index (χ3v) is 6.79. The minimum Gasteiger partial charge on any atom is -0.495 e. The SMILES string of the molecule is COc1cc(C=C2CC[C@H]3CCC[C@@H](c4ccc(F)cc4)N3C2=O)ccc1-n1cnc(C)c1. The average Bonchev–Trinajstić information content (AvgIpc) is 3.27. The van der Waals surface area contributed by atoms with Crippen LogP contribution in [0.15, 0.2) is 60.6 Å². The smallest absolute Gasteiger partial charge is 0.250 e. The van der Waals surface area contributed by atoms with Crippen LogP contribution in [0.4, 0.5) is 4.39 Å². The van der Waals surface area contributed by atoms with Crippen molar-refractivity contribution < 1.29 is 13.9 Å². The van der Waals surface area contributed by atoms with Gasteiger partial charge in [0.05, 0.1) is 30.9 Å². The fourth-order valence-electron chi connectivity index (χ4n) is 5.16. The monoisotopic (exact) mass is 445 g/mol. The molecule has 170 valence electrons. The summed E-state index contributed by atoms with van der Waals surface area (Å²) in [5.41, 5.74) is 4.60. The molecular weight excluding hydrogens is 417 g/mol. The Balaban J connectivity index is 1.44. The Kier molecular flexibility index (Phi) is 5.75. The number of ether oxygens (including phenoxy) is 1. The molecule has 1 amide bonds. The minimum absolute atomic E-state index is 0.00180. The highest BCUT2D eigenvalue weighted by Crippen LogP contribution is 2.41. The van der Waals surface area contributed by atoms with Crippen molar-refractivity contribution in [2.24, 2.45) is 0 Å². The van der Waals surface area contributed by atoms with E-state index in [9.17, 15) is 9.18 Å². The van der Waals surface area contributed by atoms with Crippen LogP contribution in [-0.2, 0) is 4.79 Å². The van der Waals surface area contributed by atoms with E-state index in [1.54, 1.807) is 13.4 Å². The molecule has 3 aromatic rings. The van der Waals surface area contributed by atoms with Crippen molar-refractivity contribution in [2.45, 2.75) is 51.1 Å². The molecule has 2 fully saturated rings. The van der Waals surface area contributed by atoms with Crippen LogP contribution in [0.5, 0.6) is 5.75 Å². The van der Waals surface area contributed by atoms with Crippen molar-refractivity contribution in [3.8, 4) is 11.4 Å². The van der Waals surface area contributed by atoms with Crippen LogP contribution in [0.3, 0.4) is 0 Å². The van der Waals surface area contributed by atoms with Gasteiger partial charge >= 0.3 is 0 Å². The van der Waals surface area contributed by atoms with Crippen molar-refractivity contribution >= 4 is 12.0 Å². The first kappa shape index (κ1) is 21.4. The summed E-state index contributed by atoms with van der Waals surface area (Å²) >= 11 is 0. The molecule has 6 heteroatoms. The Hall–Kier alpha value is -3.41. The maximum atomic E-state index is 13.6. The van der Waals surface area contributed by atoms with Crippen molar-refractivity contribution in [3.63, 3.8) is 0 Å². The fourth-order valence-corrected chi connectivity index (χ4v) is 5.16. The second-order valence-corrected chi connectivity index (χ2v) is 8.93. The quantitative estimate of drug-likeness (QED) is 0.489. The van der Waals surface area contributed by atoms with Gasteiger partial charge in [-0.3, -0.25) is 4.79 Å². The van der Waals surface area contributed by atoms with Gasteiger partial charge in [-0.15, -0.1) is 0 Å². The number of benzene rings is 2. The largest absolute Gasteiger partial charge is 0.495 e. The van der Waals surface area contributed by atoms with Crippen LogP contribution in [0.1, 0.15) is 55.0 Å². The number of hydrogen-bond donors (Lipinski definition) is 0. The lowest BCUT2D eigenvalue weighted by atomic mass is 9.84. The van der Waals surface area contributed by atoms with E-state index in [1.165, 1.54) is 12.1 Å². The number of halogens is 1. The number of imidazole rings is 1. The maximum Gasteiger partial charge on any atom is 0.250 e. The molecule has 0 unspecified atom stereocenters. The van der Waals surface area contributed by atoms with E-state index < -0.39 is 0 Å². The topological polar surface area (TPSA) is 47.4 Å². The highest BCUT2D eigenvalue weighted by molar-refractivity contribution is 5.99. The number of piperidine rings is 2. The number of nitrogens with zero attached hydrogens (tertiary/aromatic N) is 3. The molecule has 3 heterocycles. The molecule has 0 N–H and O–H groups in total. The molecular formula is C27H28FN3O2. The van der Waals surface area contributed by atoms with E-state index in [1.807, 2.05) is 59.0 Å². The van der Waals surface area contributed by atoms with Gasteiger partial charge in [0.1, 0.15) is 11.6 Å². The summed E-state index contributed by atoms with van der Waals surface area (Å²) in [6.07, 6.45) is 10.5. The summed E-state index contributed by atoms with van der Waals surface area (Å²) in [7, 11) is 1.65. The first-order valence-electron chi connectivity index (χ1n) is 11.5. The summed E-state index contributed by atoms with van der Waals surface area (Å²) < 4.78 is 21.0. The van der Waals surface area contributed by atoms with E-state index in [0.29, 0.717) is 0 Å². The Labute approximate surface area is 193 Å². The van der Waals surface area contributed by atoms with Crippen molar-refractivity contribution in [1.82, 2.24) is 14.5 Å². The first-order chi connectivity index (χ1) is 16.0. The van der Waals surface area contributed by atoms with Crippen molar-refractivity contribution in [1.29, 1.82) is 0 Å². The fraction of sp³-hybridized carbons (Fsp3) is 0.333. The zero-order valence-electron chi connectivity index (χ0n) is 19.0. The lowest BCUT2D eigenvalue weighted by Gasteiger charge is -2.46. The Morgan fingerprint density at radius 2 is 1.94 bits per heavy atom. The van der Waals surface area contributed by atoms with E-state index in [-0.39, 0.29) is 23.8 Å². The van der Waals surface area contributed by atoms with Gasteiger partial charge < -0.3 is 14.2 Å². The number of amides is 1. The zero-order chi connectivity index (χ0) is 22.9. The summed E-state index contributed by atoms with van der Waals surface area (Å²) in [4.78, 5) is 19.9. The third-order valence-electron chi connectivity index (χ3n) is 6.79. The normalized spacial score (nSPS) is 21.8. The number of hydrogen-bond acceptors (Lipinski definition) is 3. The summed E-state index contributed by atoms with van der Waals surface area (Å²) in [5, 5.41) is 0. The number of rotatable bonds is 4. The first-order valence-corrected chi connectivity index (χ1v) is 11.5. The van der Waals surface area contributed by atoms with Crippen molar-refractivity contribution in [2.75, 3.05) is 7.11 Å². The van der Waals surface area contributed by atoms with Gasteiger partial charge in [-0.05, 0) is 80.5 Å². The molecule has 0 radical (unpaired) electrons. The number of methoxy groups -OCH3 is 1. The molecule has 0 bridgehead atoms. The number of carbonyl (C=O) groups excluding carboxylic acids is 1. The Morgan fingerprint density at radius 3 is 2.67 bits per heavy atom. The molecule has 33 heavy (non-hydrogen) atoms. The van der Waals surface area contributed by atoms with E-state index in [4.69, 9.17) is 4.74 Å². The molecule has 0 aliphatic carbocycles. The third kappa shape index (κ3) is 4.17. The zero-order valence-corrected chi connectivity index (χ0v) is 19.0. The second kappa shape index (κ2) is 8.85.